The standard InChI is InChI=1S/C14H18FNO4/c1-9-6-12(7-10(2)20-9)19-8-11-4-3-5-13(14(11)15)16(17)18/h3-5,9-10,12H,6-8H2,1-2H3. The van der Waals surface area contributed by atoms with Crippen molar-refractivity contribution in [2.24, 2.45) is 0 Å². The summed E-state index contributed by atoms with van der Waals surface area (Å²) < 4.78 is 25.2. The van der Waals surface area contributed by atoms with Crippen molar-refractivity contribution in [3.05, 3.63) is 39.7 Å². The van der Waals surface area contributed by atoms with Gasteiger partial charge in [-0.2, -0.15) is 4.39 Å². The minimum atomic E-state index is -0.814. The molecule has 0 aliphatic carbocycles. The highest BCUT2D eigenvalue weighted by atomic mass is 19.1. The van der Waals surface area contributed by atoms with Gasteiger partial charge in [0, 0.05) is 11.6 Å². The molecule has 1 aromatic carbocycles. The van der Waals surface area contributed by atoms with Crippen molar-refractivity contribution in [1.29, 1.82) is 0 Å². The lowest BCUT2D eigenvalue weighted by molar-refractivity contribution is -0.387. The highest BCUT2D eigenvalue weighted by Crippen LogP contribution is 2.25. The van der Waals surface area contributed by atoms with Crippen LogP contribution in [0.1, 0.15) is 32.3 Å². The first-order chi connectivity index (χ1) is 9.47. The number of nitro benzene ring substituents is 1. The van der Waals surface area contributed by atoms with Crippen LogP contribution in [0.4, 0.5) is 10.1 Å². The van der Waals surface area contributed by atoms with E-state index in [0.29, 0.717) is 0 Å². The third-order valence-electron chi connectivity index (χ3n) is 3.38. The SMILES string of the molecule is CC1CC(OCc2cccc([N+](=O)[O-])c2F)CC(C)O1. The highest BCUT2D eigenvalue weighted by Gasteiger charge is 2.25. The van der Waals surface area contributed by atoms with E-state index in [0.717, 1.165) is 18.9 Å². The largest absolute Gasteiger partial charge is 0.375 e. The van der Waals surface area contributed by atoms with Gasteiger partial charge in [0.2, 0.25) is 5.82 Å². The van der Waals surface area contributed by atoms with E-state index in [4.69, 9.17) is 9.47 Å². The van der Waals surface area contributed by atoms with Crippen LogP contribution in [-0.2, 0) is 16.1 Å². The lowest BCUT2D eigenvalue weighted by Crippen LogP contribution is -2.34. The van der Waals surface area contributed by atoms with Gasteiger partial charge in [0.25, 0.3) is 0 Å². The topological polar surface area (TPSA) is 61.6 Å². The van der Waals surface area contributed by atoms with Crippen molar-refractivity contribution >= 4 is 5.69 Å². The summed E-state index contributed by atoms with van der Waals surface area (Å²) >= 11 is 0. The molecule has 0 spiro atoms. The van der Waals surface area contributed by atoms with E-state index in [-0.39, 0.29) is 30.5 Å². The summed E-state index contributed by atoms with van der Waals surface area (Å²) in [5, 5.41) is 10.7. The molecule has 0 radical (unpaired) electrons. The van der Waals surface area contributed by atoms with Crippen molar-refractivity contribution in [3.63, 3.8) is 0 Å². The third kappa shape index (κ3) is 3.52. The number of ether oxygens (including phenoxy) is 2. The Labute approximate surface area is 116 Å². The molecule has 0 aromatic heterocycles. The summed E-state index contributed by atoms with van der Waals surface area (Å²) in [5.41, 5.74) is -0.300. The molecule has 1 heterocycles. The van der Waals surface area contributed by atoms with E-state index in [2.05, 4.69) is 0 Å². The molecule has 0 N–H and O–H groups in total. The van der Waals surface area contributed by atoms with Crippen LogP contribution in [0.15, 0.2) is 18.2 Å². The Balaban J connectivity index is 2.00. The van der Waals surface area contributed by atoms with Gasteiger partial charge < -0.3 is 9.47 Å². The number of nitrogens with zero attached hydrogens (tertiary/aromatic N) is 1. The second kappa shape index (κ2) is 6.28. The van der Waals surface area contributed by atoms with Crippen LogP contribution in [0.3, 0.4) is 0 Å². The number of benzene rings is 1. The lowest BCUT2D eigenvalue weighted by atomic mass is 10.0. The van der Waals surface area contributed by atoms with Crippen LogP contribution in [0, 0.1) is 15.9 Å². The monoisotopic (exact) mass is 283 g/mol. The Hall–Kier alpha value is -1.53. The summed E-state index contributed by atoms with van der Waals surface area (Å²) in [6.45, 7) is 3.98. The summed E-state index contributed by atoms with van der Waals surface area (Å²) in [7, 11) is 0. The first kappa shape index (κ1) is 14.9. The van der Waals surface area contributed by atoms with Crippen molar-refractivity contribution in [2.45, 2.75) is 51.6 Å². The third-order valence-corrected chi connectivity index (χ3v) is 3.38. The Kier molecular flexibility index (Phi) is 4.67. The molecule has 1 aromatic rings. The fourth-order valence-corrected chi connectivity index (χ4v) is 2.51. The number of nitro groups is 1. The van der Waals surface area contributed by atoms with Crippen LogP contribution < -0.4 is 0 Å². The van der Waals surface area contributed by atoms with Crippen molar-refractivity contribution in [1.82, 2.24) is 0 Å². The van der Waals surface area contributed by atoms with Gasteiger partial charge in [0.15, 0.2) is 0 Å². The van der Waals surface area contributed by atoms with E-state index in [1.54, 1.807) is 0 Å². The van der Waals surface area contributed by atoms with Gasteiger partial charge in [0.05, 0.1) is 29.8 Å². The summed E-state index contributed by atoms with van der Waals surface area (Å²) in [5.74, 6) is -0.814. The molecule has 20 heavy (non-hydrogen) atoms. The second-order valence-electron chi connectivity index (χ2n) is 5.17. The summed E-state index contributed by atoms with van der Waals surface area (Å²) in [4.78, 5) is 9.95. The Morgan fingerprint density at radius 1 is 1.40 bits per heavy atom. The first-order valence-corrected chi connectivity index (χ1v) is 6.66. The minimum Gasteiger partial charge on any atom is -0.375 e. The van der Waals surface area contributed by atoms with Gasteiger partial charge in [-0.25, -0.2) is 0 Å². The average molecular weight is 283 g/mol. The normalized spacial score (nSPS) is 26.4. The molecule has 0 saturated carbocycles. The van der Waals surface area contributed by atoms with Gasteiger partial charge in [-0.1, -0.05) is 12.1 Å². The molecular formula is C14H18FNO4. The summed E-state index contributed by atoms with van der Waals surface area (Å²) in [6, 6.07) is 4.13. The van der Waals surface area contributed by atoms with Gasteiger partial charge in [-0.3, -0.25) is 10.1 Å². The molecule has 0 amide bonds. The maximum Gasteiger partial charge on any atom is 0.305 e. The second-order valence-corrected chi connectivity index (χ2v) is 5.17. The maximum atomic E-state index is 13.9. The van der Waals surface area contributed by atoms with E-state index in [1.807, 2.05) is 13.8 Å². The van der Waals surface area contributed by atoms with Crippen LogP contribution in [0.25, 0.3) is 0 Å². The van der Waals surface area contributed by atoms with Gasteiger partial charge in [-0.05, 0) is 26.7 Å². The van der Waals surface area contributed by atoms with Gasteiger partial charge in [0.1, 0.15) is 0 Å². The molecule has 2 rings (SSSR count). The molecule has 6 heteroatoms. The van der Waals surface area contributed by atoms with Crippen LogP contribution in [0.2, 0.25) is 0 Å². The molecule has 1 saturated heterocycles. The zero-order valence-corrected chi connectivity index (χ0v) is 11.5. The quantitative estimate of drug-likeness (QED) is 0.629. The Bertz CT molecular complexity index is 484. The van der Waals surface area contributed by atoms with Crippen molar-refractivity contribution in [3.8, 4) is 0 Å². The molecule has 0 bridgehead atoms. The summed E-state index contributed by atoms with van der Waals surface area (Å²) in [6.07, 6.45) is 1.71. The molecule has 1 aliphatic heterocycles. The molecular weight excluding hydrogens is 265 g/mol. The van der Waals surface area contributed by atoms with E-state index in [9.17, 15) is 14.5 Å². The zero-order valence-electron chi connectivity index (χ0n) is 11.5. The van der Waals surface area contributed by atoms with Crippen molar-refractivity contribution < 1.29 is 18.8 Å². The number of hydrogen-bond acceptors (Lipinski definition) is 4. The van der Waals surface area contributed by atoms with Crippen LogP contribution in [0.5, 0.6) is 0 Å². The molecule has 1 fully saturated rings. The number of rotatable bonds is 4. The smallest absolute Gasteiger partial charge is 0.305 e. The lowest BCUT2D eigenvalue weighted by Gasteiger charge is -2.32. The number of hydrogen-bond donors (Lipinski definition) is 0. The average Bonchev–Trinajstić information content (AvgIpc) is 2.36. The van der Waals surface area contributed by atoms with E-state index in [1.165, 1.54) is 12.1 Å². The highest BCUT2D eigenvalue weighted by molar-refractivity contribution is 5.36. The predicted octanol–water partition coefficient (Wildman–Crippen LogP) is 3.21. The molecule has 110 valence electrons. The van der Waals surface area contributed by atoms with E-state index >= 15 is 0 Å². The Morgan fingerprint density at radius 2 is 2.05 bits per heavy atom. The number of halogens is 1. The van der Waals surface area contributed by atoms with Gasteiger partial charge in [-0.15, -0.1) is 0 Å². The molecule has 2 unspecified atom stereocenters. The van der Waals surface area contributed by atoms with Crippen molar-refractivity contribution in [2.75, 3.05) is 0 Å². The minimum absolute atomic E-state index is 0.00703. The van der Waals surface area contributed by atoms with Gasteiger partial charge >= 0.3 is 5.69 Å². The van der Waals surface area contributed by atoms with Crippen LogP contribution in [-0.4, -0.2) is 23.2 Å². The van der Waals surface area contributed by atoms with Crippen LogP contribution >= 0.6 is 0 Å². The zero-order chi connectivity index (χ0) is 14.7. The molecule has 2 atom stereocenters. The molecule has 1 aliphatic rings. The maximum absolute atomic E-state index is 13.9. The van der Waals surface area contributed by atoms with E-state index < -0.39 is 16.4 Å². The molecule has 5 nitrogen and oxygen atoms in total. The fourth-order valence-electron chi connectivity index (χ4n) is 2.51. The fraction of sp³-hybridized carbons (Fsp3) is 0.571. The first-order valence-electron chi connectivity index (χ1n) is 6.66. The predicted molar refractivity (Wildman–Crippen MR) is 70.9 cm³/mol. The Morgan fingerprint density at radius 3 is 2.65 bits per heavy atom.